The number of hydrogen-bond acceptors (Lipinski definition) is 0. The van der Waals surface area contributed by atoms with Crippen molar-refractivity contribution in [1.29, 1.82) is 0 Å². The lowest BCUT2D eigenvalue weighted by Gasteiger charge is -2.39. The van der Waals surface area contributed by atoms with E-state index in [1.807, 2.05) is 69.2 Å². The van der Waals surface area contributed by atoms with Gasteiger partial charge in [0, 0.05) is 0 Å². The van der Waals surface area contributed by atoms with Crippen LogP contribution in [-0.4, -0.2) is 0 Å². The van der Waals surface area contributed by atoms with Crippen molar-refractivity contribution >= 4 is 0 Å². The van der Waals surface area contributed by atoms with Crippen LogP contribution in [0.15, 0.2) is 0 Å². The maximum atomic E-state index is 2.42. The van der Waals surface area contributed by atoms with E-state index in [1.165, 1.54) is 145 Å². The summed E-state index contributed by atoms with van der Waals surface area (Å²) in [4.78, 5) is 0. The van der Waals surface area contributed by atoms with Crippen LogP contribution < -0.4 is 0 Å². The minimum atomic E-state index is 1.06. The minimum absolute atomic E-state index is 1.06. The molecule has 0 aromatic carbocycles. The van der Waals surface area contributed by atoms with Crippen molar-refractivity contribution in [3.05, 3.63) is 0 Å². The van der Waals surface area contributed by atoms with Gasteiger partial charge in [0.2, 0.25) is 0 Å². The van der Waals surface area contributed by atoms with Gasteiger partial charge in [0.05, 0.1) is 0 Å². The predicted molar refractivity (Wildman–Crippen MR) is 394 cm³/mol. The van der Waals surface area contributed by atoms with Gasteiger partial charge in [-0.2, -0.15) is 0 Å². The fourth-order valence-electron chi connectivity index (χ4n) is 23.1. The van der Waals surface area contributed by atoms with Crippen LogP contribution in [0.2, 0.25) is 0 Å². The molecule has 0 heterocycles. The lowest BCUT2D eigenvalue weighted by molar-refractivity contribution is 0.128. The van der Waals surface area contributed by atoms with Gasteiger partial charge in [-0.25, -0.2) is 0 Å². The fraction of sp³-hybridized carbons (Fsp3) is 1.00. The molecular formula is C87H168. The smallest absolute Gasteiger partial charge is 0.0358 e. The van der Waals surface area contributed by atoms with Crippen molar-refractivity contribution in [2.45, 2.75) is 431 Å². The van der Waals surface area contributed by atoms with E-state index in [0.717, 1.165) is 88.8 Å². The van der Waals surface area contributed by atoms with Crippen molar-refractivity contribution in [3.8, 4) is 0 Å². The van der Waals surface area contributed by atoms with E-state index in [2.05, 4.69) is 34.6 Å². The molecule has 16 rings (SSSR count). The molecule has 87 heavy (non-hydrogen) atoms. The Kier molecular flexibility index (Phi) is 43.7. The van der Waals surface area contributed by atoms with Gasteiger partial charge in [0.25, 0.3) is 0 Å². The monoisotopic (exact) mass is 1210 g/mol. The van der Waals surface area contributed by atoms with Gasteiger partial charge in [-0.3, -0.25) is 0 Å². The van der Waals surface area contributed by atoms with Crippen LogP contribution in [0, 0.1) is 124 Å². The molecule has 0 aromatic rings. The summed E-state index contributed by atoms with van der Waals surface area (Å²) in [7, 11) is 0. The summed E-state index contributed by atoms with van der Waals surface area (Å²) in [5.74, 6) is 23.9. The summed E-state index contributed by atoms with van der Waals surface area (Å²) in [5, 5.41) is 0. The van der Waals surface area contributed by atoms with Gasteiger partial charge in [-0.1, -0.05) is 341 Å². The molecule has 0 nitrogen and oxygen atoms in total. The maximum absolute atomic E-state index is 2.42. The second-order valence-electron chi connectivity index (χ2n) is 32.3. The molecule has 0 N–H and O–H groups in total. The summed E-state index contributed by atoms with van der Waals surface area (Å²) in [6, 6.07) is 0. The van der Waals surface area contributed by atoms with Gasteiger partial charge in [-0.05, 0) is 214 Å². The van der Waals surface area contributed by atoms with Gasteiger partial charge in [0.1, 0.15) is 0 Å². The van der Waals surface area contributed by atoms with E-state index in [-0.39, 0.29) is 0 Å². The molecule has 0 aromatic heterocycles. The molecule has 0 radical (unpaired) electrons. The largest absolute Gasteiger partial charge is 0.0683 e. The van der Waals surface area contributed by atoms with Crippen LogP contribution in [0.3, 0.4) is 0 Å². The highest BCUT2D eigenvalue weighted by Crippen LogP contribution is 2.51. The van der Waals surface area contributed by atoms with Crippen LogP contribution in [0.25, 0.3) is 0 Å². The highest BCUT2D eigenvalue weighted by molar-refractivity contribution is 4.90. The Bertz CT molecular complexity index is 1430. The first-order valence-electron chi connectivity index (χ1n) is 42.9. The van der Waals surface area contributed by atoms with Gasteiger partial charge >= 0.3 is 0 Å². The number of fused-ring (bicyclic) bond motifs is 10. The van der Waals surface area contributed by atoms with Crippen LogP contribution in [0.1, 0.15) is 431 Å². The second kappa shape index (κ2) is 47.8. The van der Waals surface area contributed by atoms with Gasteiger partial charge in [-0.15, -0.1) is 0 Å². The second-order valence-corrected chi connectivity index (χ2v) is 32.3. The molecule has 16 fully saturated rings. The molecule has 16 atom stereocenters. The van der Waals surface area contributed by atoms with E-state index in [1.54, 1.807) is 218 Å². The minimum Gasteiger partial charge on any atom is -0.0683 e. The van der Waals surface area contributed by atoms with Gasteiger partial charge in [0.15, 0.2) is 0 Å². The van der Waals surface area contributed by atoms with E-state index in [9.17, 15) is 0 Å². The SMILES string of the molecule is C1CC2CCC1C2.C1CC2CCC1C2.C1CCC2CCCC2C1.CC.CC.CC.CC.CC.CC1CC2CCCC2C1.CCC1CCC2CCCC2C1.CCC1CCC2CCCCC12.CCC1CCC2CCCCC12.CCC1CCC2CCCCC2C1. The Morgan fingerprint density at radius 3 is 0.724 bits per heavy atom. The Balaban J connectivity index is 0.000000209. The quantitative estimate of drug-likeness (QED) is 0.263. The zero-order valence-electron chi connectivity index (χ0n) is 63.2. The van der Waals surface area contributed by atoms with Crippen molar-refractivity contribution < 1.29 is 0 Å². The third-order valence-corrected chi connectivity index (χ3v) is 27.9. The molecule has 16 unspecified atom stereocenters. The summed E-state index contributed by atoms with van der Waals surface area (Å²) in [6.07, 6.45) is 78.7. The zero-order chi connectivity index (χ0) is 63.2. The van der Waals surface area contributed by atoms with Crippen molar-refractivity contribution in [2.75, 3.05) is 0 Å². The molecule has 16 aliphatic carbocycles. The van der Waals surface area contributed by atoms with Crippen LogP contribution in [0.5, 0.6) is 0 Å². The maximum Gasteiger partial charge on any atom is -0.0358 e. The fourth-order valence-corrected chi connectivity index (χ4v) is 23.1. The van der Waals surface area contributed by atoms with Crippen molar-refractivity contribution in [1.82, 2.24) is 0 Å². The van der Waals surface area contributed by atoms with Gasteiger partial charge < -0.3 is 0 Å². The average molecular weight is 1210 g/mol. The molecule has 0 saturated heterocycles. The van der Waals surface area contributed by atoms with E-state index >= 15 is 0 Å². The topological polar surface area (TPSA) is 0 Å². The normalized spacial score (nSPS) is 40.1. The molecule has 16 aliphatic rings. The molecule has 0 aliphatic heterocycles. The Morgan fingerprint density at radius 2 is 0.437 bits per heavy atom. The molecule has 0 spiro atoms. The van der Waals surface area contributed by atoms with E-state index in [4.69, 9.17) is 0 Å². The first-order valence-corrected chi connectivity index (χ1v) is 42.9. The first kappa shape index (κ1) is 79.4. The third kappa shape index (κ3) is 27.0. The molecule has 4 bridgehead atoms. The standard InChI is InChI=1S/C12H22.3C11H20.2C9H16.2C7H12.5C2H6/c1-2-10-7-8-11-5-3-4-6-12(11)9-10;1-2-9-6-7-10-4-3-5-11(10)8-9;2*1-2-9-7-8-10-5-3-4-6-11(9)10;1-7-5-8-3-2-4-9(8)6-7;1-2-5-9-7-3-6-8(9)4-1;2*1-2-7-4-3-6(1)5-7;5*1-2/h10-12H,2-9H2,1H3;3*9-11H,2-8H2,1H3;7-9H,2-6H2,1H3;8-9H,1-7H2;2*6-7H,1-5H2;5*1-2H3. The summed E-state index contributed by atoms with van der Waals surface area (Å²) >= 11 is 0. The van der Waals surface area contributed by atoms with Crippen LogP contribution in [0.4, 0.5) is 0 Å². The molecule has 0 heteroatoms. The first-order chi connectivity index (χ1) is 42.9. The Hall–Kier alpha value is 0. The molecule has 16 saturated carbocycles. The molecule has 0 amide bonds. The lowest BCUT2D eigenvalue weighted by Crippen LogP contribution is -2.27. The Morgan fingerprint density at radius 1 is 0.195 bits per heavy atom. The van der Waals surface area contributed by atoms with Crippen LogP contribution in [-0.2, 0) is 0 Å². The number of hydrogen-bond donors (Lipinski definition) is 0. The summed E-state index contributed by atoms with van der Waals surface area (Å²) in [5.41, 5.74) is 0. The zero-order valence-corrected chi connectivity index (χ0v) is 63.2. The predicted octanol–water partition coefficient (Wildman–Crippen LogP) is 30.2. The summed E-state index contributed by atoms with van der Waals surface area (Å²) in [6.45, 7) is 31.9. The highest BCUT2D eigenvalue weighted by atomic mass is 14.4. The lowest BCUT2D eigenvalue weighted by atomic mass is 9.67. The third-order valence-electron chi connectivity index (χ3n) is 27.9. The van der Waals surface area contributed by atoms with Crippen LogP contribution >= 0.6 is 0 Å². The molecule has 516 valence electrons. The van der Waals surface area contributed by atoms with Crippen molar-refractivity contribution in [3.63, 3.8) is 0 Å². The van der Waals surface area contributed by atoms with Crippen molar-refractivity contribution in [2.24, 2.45) is 124 Å². The average Bonchev–Trinajstić information content (AvgIpc) is 4.67. The highest BCUT2D eigenvalue weighted by Gasteiger charge is 2.39. The molecular weight excluding hydrogens is 1040 g/mol. The van der Waals surface area contributed by atoms with E-state index in [0.29, 0.717) is 0 Å². The summed E-state index contributed by atoms with van der Waals surface area (Å²) < 4.78 is 0. The van der Waals surface area contributed by atoms with E-state index < -0.39 is 0 Å². The Labute approximate surface area is 552 Å². The number of rotatable bonds is 4.